The predicted octanol–water partition coefficient (Wildman–Crippen LogP) is 1.85. The third kappa shape index (κ3) is 4.12. The Balaban J connectivity index is 2.78. The summed E-state index contributed by atoms with van der Waals surface area (Å²) in [4.78, 5) is 10.7. The first-order valence-corrected chi connectivity index (χ1v) is 7.28. The van der Waals surface area contributed by atoms with Gasteiger partial charge in [0.1, 0.15) is 0 Å². The normalized spacial score (nSPS) is 11.4. The van der Waals surface area contributed by atoms with Gasteiger partial charge >= 0.3 is 5.97 Å². The molecule has 0 bridgehead atoms. The maximum absolute atomic E-state index is 11.9. The molecule has 0 atom stereocenters. The second-order valence-corrected chi connectivity index (χ2v) is 5.70. The van der Waals surface area contributed by atoms with Crippen molar-refractivity contribution >= 4 is 16.0 Å². The molecule has 6 heteroatoms. The Morgan fingerprint density at radius 1 is 1.33 bits per heavy atom. The molecular weight excluding hydrogens is 254 g/mol. The van der Waals surface area contributed by atoms with Gasteiger partial charge in [0.2, 0.25) is 10.0 Å². The molecule has 0 heterocycles. The molecule has 0 amide bonds. The van der Waals surface area contributed by atoms with E-state index in [1.807, 2.05) is 6.92 Å². The van der Waals surface area contributed by atoms with Crippen LogP contribution in [0.2, 0.25) is 0 Å². The molecule has 0 saturated carbocycles. The Morgan fingerprint density at radius 3 is 2.67 bits per heavy atom. The minimum Gasteiger partial charge on any atom is -0.478 e. The van der Waals surface area contributed by atoms with E-state index in [1.165, 1.54) is 18.2 Å². The number of hydrogen-bond donors (Lipinski definition) is 2. The fraction of sp³-hybridized carbons (Fsp3) is 0.417. The molecule has 2 N–H and O–H groups in total. The van der Waals surface area contributed by atoms with Crippen molar-refractivity contribution in [3.8, 4) is 0 Å². The first kappa shape index (κ1) is 14.7. The first-order chi connectivity index (χ1) is 8.47. The molecule has 18 heavy (non-hydrogen) atoms. The number of unbranched alkanes of at least 4 members (excludes halogenated alkanes) is 2. The minimum atomic E-state index is -3.61. The zero-order valence-corrected chi connectivity index (χ0v) is 11.0. The van der Waals surface area contributed by atoms with Crippen LogP contribution < -0.4 is 4.72 Å². The maximum Gasteiger partial charge on any atom is 0.335 e. The van der Waals surface area contributed by atoms with Crippen LogP contribution in [0.4, 0.5) is 0 Å². The molecule has 1 rings (SSSR count). The number of carboxylic acid groups (broad SMARTS) is 1. The molecule has 0 aliphatic carbocycles. The summed E-state index contributed by atoms with van der Waals surface area (Å²) in [5, 5.41) is 8.81. The lowest BCUT2D eigenvalue weighted by atomic mass is 10.2. The van der Waals surface area contributed by atoms with Crippen LogP contribution in [0.1, 0.15) is 36.5 Å². The first-order valence-electron chi connectivity index (χ1n) is 5.80. The molecule has 0 unspecified atom stereocenters. The highest BCUT2D eigenvalue weighted by Gasteiger charge is 2.15. The Labute approximate surface area is 107 Å². The third-order valence-corrected chi connectivity index (χ3v) is 3.92. The molecule has 100 valence electrons. The topological polar surface area (TPSA) is 83.5 Å². The van der Waals surface area contributed by atoms with Crippen molar-refractivity contribution in [2.75, 3.05) is 6.54 Å². The van der Waals surface area contributed by atoms with Gasteiger partial charge in [0.05, 0.1) is 10.5 Å². The second-order valence-electron chi connectivity index (χ2n) is 3.94. The van der Waals surface area contributed by atoms with Crippen molar-refractivity contribution in [1.29, 1.82) is 0 Å². The second kappa shape index (κ2) is 6.51. The van der Waals surface area contributed by atoms with Crippen LogP contribution in [0.3, 0.4) is 0 Å². The number of nitrogens with one attached hydrogen (secondary N) is 1. The number of carboxylic acids is 1. The monoisotopic (exact) mass is 271 g/mol. The quantitative estimate of drug-likeness (QED) is 0.741. The highest BCUT2D eigenvalue weighted by Crippen LogP contribution is 2.11. The smallest absolute Gasteiger partial charge is 0.335 e. The van der Waals surface area contributed by atoms with E-state index in [9.17, 15) is 13.2 Å². The molecule has 0 aromatic heterocycles. The molecule has 1 aromatic rings. The fourth-order valence-electron chi connectivity index (χ4n) is 1.46. The predicted molar refractivity (Wildman–Crippen MR) is 68.1 cm³/mol. The Bertz CT molecular complexity index is 511. The lowest BCUT2D eigenvalue weighted by molar-refractivity contribution is 0.0696. The summed E-state index contributed by atoms with van der Waals surface area (Å²) >= 11 is 0. The van der Waals surface area contributed by atoms with Crippen LogP contribution in [-0.2, 0) is 10.0 Å². The van der Waals surface area contributed by atoms with E-state index in [0.29, 0.717) is 6.54 Å². The van der Waals surface area contributed by atoms with Crippen molar-refractivity contribution < 1.29 is 18.3 Å². The number of hydrogen-bond acceptors (Lipinski definition) is 3. The molecule has 0 radical (unpaired) electrons. The molecule has 0 saturated heterocycles. The summed E-state index contributed by atoms with van der Waals surface area (Å²) in [6, 6.07) is 5.32. The SMILES string of the molecule is CCCCCNS(=O)(=O)c1cccc(C(=O)O)c1. The summed E-state index contributed by atoms with van der Waals surface area (Å²) in [5.41, 5.74) is -0.0357. The molecule has 1 aromatic carbocycles. The summed E-state index contributed by atoms with van der Waals surface area (Å²) in [6.07, 6.45) is 2.74. The molecule has 0 spiro atoms. The van der Waals surface area contributed by atoms with Gasteiger partial charge in [-0.2, -0.15) is 0 Å². The number of aromatic carboxylic acids is 1. The van der Waals surface area contributed by atoms with Crippen LogP contribution in [0, 0.1) is 0 Å². The van der Waals surface area contributed by atoms with E-state index in [1.54, 1.807) is 0 Å². The molecule has 0 fully saturated rings. The molecule has 5 nitrogen and oxygen atoms in total. The van der Waals surface area contributed by atoms with Crippen molar-refractivity contribution in [2.24, 2.45) is 0 Å². The molecular formula is C12H17NO4S. The zero-order chi connectivity index (χ0) is 13.6. The zero-order valence-electron chi connectivity index (χ0n) is 10.2. The highest BCUT2D eigenvalue weighted by molar-refractivity contribution is 7.89. The van der Waals surface area contributed by atoms with Gasteiger partial charge in [-0.25, -0.2) is 17.9 Å². The van der Waals surface area contributed by atoms with Crippen molar-refractivity contribution in [1.82, 2.24) is 4.72 Å². The van der Waals surface area contributed by atoms with Gasteiger partial charge in [-0.3, -0.25) is 0 Å². The number of carbonyl (C=O) groups is 1. The van der Waals surface area contributed by atoms with Gasteiger partial charge in [-0.15, -0.1) is 0 Å². The Hall–Kier alpha value is -1.40. The van der Waals surface area contributed by atoms with Crippen molar-refractivity contribution in [3.63, 3.8) is 0 Å². The summed E-state index contributed by atoms with van der Waals surface area (Å²) in [7, 11) is -3.61. The van der Waals surface area contributed by atoms with Gasteiger partial charge in [-0.05, 0) is 24.6 Å². The van der Waals surface area contributed by atoms with Crippen molar-refractivity contribution in [2.45, 2.75) is 31.1 Å². The summed E-state index contributed by atoms with van der Waals surface area (Å²) < 4.78 is 26.2. The Kier molecular flexibility index (Phi) is 5.30. The van der Waals surface area contributed by atoms with Gasteiger partial charge in [0.25, 0.3) is 0 Å². The van der Waals surface area contributed by atoms with Gasteiger partial charge in [0.15, 0.2) is 0 Å². The van der Waals surface area contributed by atoms with E-state index in [2.05, 4.69) is 4.72 Å². The lowest BCUT2D eigenvalue weighted by Crippen LogP contribution is -2.25. The largest absolute Gasteiger partial charge is 0.478 e. The van der Waals surface area contributed by atoms with E-state index >= 15 is 0 Å². The number of rotatable bonds is 7. The molecule has 0 aliphatic rings. The van der Waals surface area contributed by atoms with Crippen LogP contribution in [0.15, 0.2) is 29.2 Å². The Morgan fingerprint density at radius 2 is 2.06 bits per heavy atom. The molecule has 0 aliphatic heterocycles. The van der Waals surface area contributed by atoms with E-state index in [0.717, 1.165) is 25.3 Å². The van der Waals surface area contributed by atoms with E-state index in [4.69, 9.17) is 5.11 Å². The minimum absolute atomic E-state index is 0.0149. The number of sulfonamides is 1. The standard InChI is InChI=1S/C12H17NO4S/c1-2-3-4-8-13-18(16,17)11-7-5-6-10(9-11)12(14)15/h5-7,9,13H,2-4,8H2,1H3,(H,14,15). The summed E-state index contributed by atoms with van der Waals surface area (Å²) in [5.74, 6) is -1.14. The number of benzene rings is 1. The van der Waals surface area contributed by atoms with Crippen LogP contribution >= 0.6 is 0 Å². The van der Waals surface area contributed by atoms with E-state index in [-0.39, 0.29) is 10.5 Å². The van der Waals surface area contributed by atoms with Crippen molar-refractivity contribution in [3.05, 3.63) is 29.8 Å². The fourth-order valence-corrected chi connectivity index (χ4v) is 2.58. The van der Waals surface area contributed by atoms with Gasteiger partial charge < -0.3 is 5.11 Å². The van der Waals surface area contributed by atoms with Gasteiger partial charge in [-0.1, -0.05) is 25.8 Å². The van der Waals surface area contributed by atoms with Crippen LogP contribution in [-0.4, -0.2) is 26.0 Å². The third-order valence-electron chi connectivity index (χ3n) is 2.46. The highest BCUT2D eigenvalue weighted by atomic mass is 32.2. The summed E-state index contributed by atoms with van der Waals surface area (Å²) in [6.45, 7) is 2.40. The van der Waals surface area contributed by atoms with Gasteiger partial charge in [0, 0.05) is 6.54 Å². The van der Waals surface area contributed by atoms with Crippen LogP contribution in [0.25, 0.3) is 0 Å². The average molecular weight is 271 g/mol. The maximum atomic E-state index is 11.9. The average Bonchev–Trinajstić information content (AvgIpc) is 2.35. The van der Waals surface area contributed by atoms with E-state index < -0.39 is 16.0 Å². The lowest BCUT2D eigenvalue weighted by Gasteiger charge is -2.06. The van der Waals surface area contributed by atoms with Crippen LogP contribution in [0.5, 0.6) is 0 Å².